The summed E-state index contributed by atoms with van der Waals surface area (Å²) in [7, 11) is 1.60. The second kappa shape index (κ2) is 5.70. The van der Waals surface area contributed by atoms with Crippen molar-refractivity contribution < 1.29 is 4.74 Å². The molecule has 1 unspecified atom stereocenters. The molecule has 1 atom stereocenters. The van der Waals surface area contributed by atoms with Crippen LogP contribution in [0.3, 0.4) is 0 Å². The normalized spacial score (nSPS) is 12.2. The van der Waals surface area contributed by atoms with Crippen molar-refractivity contribution in [3.63, 3.8) is 0 Å². The van der Waals surface area contributed by atoms with Gasteiger partial charge in [-0.2, -0.15) is 0 Å². The Labute approximate surface area is 89.4 Å². The van der Waals surface area contributed by atoms with Gasteiger partial charge >= 0.3 is 0 Å². The van der Waals surface area contributed by atoms with Crippen LogP contribution in [0.15, 0.2) is 18.3 Å². The zero-order chi connectivity index (χ0) is 10.4. The predicted molar refractivity (Wildman–Crippen MR) is 59.2 cm³/mol. The van der Waals surface area contributed by atoms with Gasteiger partial charge in [0, 0.05) is 29.9 Å². The molecule has 14 heavy (non-hydrogen) atoms. The summed E-state index contributed by atoms with van der Waals surface area (Å²) in [6.45, 7) is 2.84. The second-order valence-corrected chi connectivity index (χ2v) is 3.83. The van der Waals surface area contributed by atoms with Gasteiger partial charge in [0.15, 0.2) is 0 Å². The molecule has 0 fully saturated rings. The minimum Gasteiger partial charge on any atom is -0.481 e. The Morgan fingerprint density at radius 1 is 1.64 bits per heavy atom. The van der Waals surface area contributed by atoms with E-state index in [1.54, 1.807) is 13.3 Å². The summed E-state index contributed by atoms with van der Waals surface area (Å²) in [5, 5.41) is 3.45. The number of hydrogen-bond donors (Lipinski definition) is 1. The summed E-state index contributed by atoms with van der Waals surface area (Å²) in [6, 6.07) is 3.76. The van der Waals surface area contributed by atoms with Crippen LogP contribution in [0.2, 0.25) is 0 Å². The third-order valence-corrected chi connectivity index (χ3v) is 2.03. The molecule has 4 heteroatoms. The molecule has 0 saturated carbocycles. The van der Waals surface area contributed by atoms with Gasteiger partial charge in [-0.3, -0.25) is 0 Å². The molecule has 0 spiro atoms. The van der Waals surface area contributed by atoms with Crippen molar-refractivity contribution in [2.45, 2.75) is 18.7 Å². The first-order chi connectivity index (χ1) is 6.72. The van der Waals surface area contributed by atoms with Crippen LogP contribution in [0.5, 0.6) is 5.88 Å². The Morgan fingerprint density at radius 3 is 3.07 bits per heavy atom. The first-order valence-corrected chi connectivity index (χ1v) is 5.04. The molecule has 0 saturated heterocycles. The maximum absolute atomic E-state index is 5.83. The third kappa shape index (κ3) is 3.83. The molecular weight excluding hydrogens is 200 g/mol. The average molecular weight is 215 g/mol. The lowest BCUT2D eigenvalue weighted by atomic mass is 10.3. The zero-order valence-electron chi connectivity index (χ0n) is 8.46. The van der Waals surface area contributed by atoms with Gasteiger partial charge in [-0.15, -0.1) is 11.6 Å². The second-order valence-electron chi connectivity index (χ2n) is 3.08. The molecule has 1 rings (SSSR count). The summed E-state index contributed by atoms with van der Waals surface area (Å²) >= 11 is 5.83. The van der Waals surface area contributed by atoms with Gasteiger partial charge in [0.1, 0.15) is 0 Å². The Morgan fingerprint density at radius 2 is 2.43 bits per heavy atom. The highest BCUT2D eigenvalue weighted by Gasteiger charge is 1.98. The number of nitrogens with one attached hydrogen (secondary N) is 1. The van der Waals surface area contributed by atoms with Crippen molar-refractivity contribution >= 4 is 17.3 Å². The largest absolute Gasteiger partial charge is 0.481 e. The Hall–Kier alpha value is -0.960. The van der Waals surface area contributed by atoms with E-state index < -0.39 is 0 Å². The lowest BCUT2D eigenvalue weighted by Crippen LogP contribution is -2.06. The molecule has 1 aromatic rings. The average Bonchev–Trinajstić information content (AvgIpc) is 2.18. The van der Waals surface area contributed by atoms with E-state index in [0.717, 1.165) is 18.7 Å². The van der Waals surface area contributed by atoms with Crippen LogP contribution in [0, 0.1) is 0 Å². The first kappa shape index (κ1) is 11.1. The third-order valence-electron chi connectivity index (χ3n) is 1.82. The number of alkyl halides is 1. The molecular formula is C10H15ClN2O. The van der Waals surface area contributed by atoms with Gasteiger partial charge in [0.05, 0.1) is 7.11 Å². The Kier molecular flexibility index (Phi) is 4.53. The van der Waals surface area contributed by atoms with Crippen molar-refractivity contribution in [3.05, 3.63) is 18.3 Å². The molecule has 0 aliphatic rings. The SMILES string of the molecule is COc1cc(NCCC(C)Cl)ccn1. The van der Waals surface area contributed by atoms with Crippen LogP contribution < -0.4 is 10.1 Å². The monoisotopic (exact) mass is 214 g/mol. The number of methoxy groups -OCH3 is 1. The Balaban J connectivity index is 2.42. The van der Waals surface area contributed by atoms with E-state index in [-0.39, 0.29) is 5.38 Å². The van der Waals surface area contributed by atoms with E-state index >= 15 is 0 Å². The fraction of sp³-hybridized carbons (Fsp3) is 0.500. The molecule has 0 aromatic carbocycles. The molecule has 3 nitrogen and oxygen atoms in total. The van der Waals surface area contributed by atoms with Gasteiger partial charge < -0.3 is 10.1 Å². The lowest BCUT2D eigenvalue weighted by Gasteiger charge is -2.07. The molecule has 0 amide bonds. The number of ether oxygens (including phenoxy) is 1. The molecule has 0 aliphatic heterocycles. The summed E-state index contributed by atoms with van der Waals surface area (Å²) in [5.74, 6) is 0.619. The van der Waals surface area contributed by atoms with Gasteiger partial charge in [-0.1, -0.05) is 0 Å². The van der Waals surface area contributed by atoms with Crippen LogP contribution in [0.4, 0.5) is 5.69 Å². The smallest absolute Gasteiger partial charge is 0.214 e. The van der Waals surface area contributed by atoms with Crippen LogP contribution in [-0.4, -0.2) is 24.0 Å². The van der Waals surface area contributed by atoms with Crippen LogP contribution in [0.1, 0.15) is 13.3 Å². The number of hydrogen-bond acceptors (Lipinski definition) is 3. The molecule has 1 heterocycles. The van der Waals surface area contributed by atoms with Crippen molar-refractivity contribution in [3.8, 4) is 5.88 Å². The predicted octanol–water partition coefficient (Wildman–Crippen LogP) is 2.52. The number of anilines is 1. The summed E-state index contributed by atoms with van der Waals surface area (Å²) < 4.78 is 5.01. The van der Waals surface area contributed by atoms with E-state index in [4.69, 9.17) is 16.3 Å². The zero-order valence-corrected chi connectivity index (χ0v) is 9.21. The highest BCUT2D eigenvalue weighted by atomic mass is 35.5. The highest BCUT2D eigenvalue weighted by molar-refractivity contribution is 6.20. The van der Waals surface area contributed by atoms with E-state index in [9.17, 15) is 0 Å². The van der Waals surface area contributed by atoms with Crippen molar-refractivity contribution in [2.75, 3.05) is 19.0 Å². The number of halogens is 1. The van der Waals surface area contributed by atoms with E-state index in [2.05, 4.69) is 10.3 Å². The van der Waals surface area contributed by atoms with E-state index in [1.165, 1.54) is 0 Å². The Bertz CT molecular complexity index is 279. The summed E-state index contributed by atoms with van der Waals surface area (Å²) in [4.78, 5) is 4.01. The maximum Gasteiger partial charge on any atom is 0.214 e. The first-order valence-electron chi connectivity index (χ1n) is 4.60. The molecule has 1 N–H and O–H groups in total. The number of aromatic nitrogens is 1. The fourth-order valence-corrected chi connectivity index (χ4v) is 1.16. The molecule has 0 bridgehead atoms. The number of rotatable bonds is 5. The standard InChI is InChI=1S/C10H15ClN2O/c1-8(11)3-5-12-9-4-6-13-10(7-9)14-2/h4,6-8H,3,5H2,1-2H3,(H,12,13). The number of nitrogens with zero attached hydrogens (tertiary/aromatic N) is 1. The van der Waals surface area contributed by atoms with Gasteiger partial charge in [-0.25, -0.2) is 4.98 Å². The minimum atomic E-state index is 0.200. The van der Waals surface area contributed by atoms with Crippen molar-refractivity contribution in [2.24, 2.45) is 0 Å². The van der Waals surface area contributed by atoms with E-state index in [1.807, 2.05) is 19.1 Å². The number of pyridine rings is 1. The quantitative estimate of drug-likeness (QED) is 0.765. The maximum atomic E-state index is 5.83. The summed E-state index contributed by atoms with van der Waals surface area (Å²) in [5.41, 5.74) is 1.01. The van der Waals surface area contributed by atoms with Crippen molar-refractivity contribution in [1.82, 2.24) is 4.98 Å². The van der Waals surface area contributed by atoms with Crippen molar-refractivity contribution in [1.29, 1.82) is 0 Å². The van der Waals surface area contributed by atoms with Crippen LogP contribution >= 0.6 is 11.6 Å². The molecule has 78 valence electrons. The van der Waals surface area contributed by atoms with Gasteiger partial charge in [-0.05, 0) is 19.4 Å². The highest BCUT2D eigenvalue weighted by Crippen LogP contribution is 2.13. The minimum absolute atomic E-state index is 0.200. The van der Waals surface area contributed by atoms with Gasteiger partial charge in [0.25, 0.3) is 0 Å². The van der Waals surface area contributed by atoms with Crippen LogP contribution in [0.25, 0.3) is 0 Å². The molecule has 1 aromatic heterocycles. The lowest BCUT2D eigenvalue weighted by molar-refractivity contribution is 0.398. The summed E-state index contributed by atoms with van der Waals surface area (Å²) in [6.07, 6.45) is 2.65. The fourth-order valence-electron chi connectivity index (χ4n) is 1.05. The van der Waals surface area contributed by atoms with Crippen LogP contribution in [-0.2, 0) is 0 Å². The van der Waals surface area contributed by atoms with Gasteiger partial charge in [0.2, 0.25) is 5.88 Å². The van der Waals surface area contributed by atoms with E-state index in [0.29, 0.717) is 5.88 Å². The molecule has 0 aliphatic carbocycles. The topological polar surface area (TPSA) is 34.1 Å². The molecule has 0 radical (unpaired) electrons.